The minimum atomic E-state index is -0.152. The van der Waals surface area contributed by atoms with Crippen LogP contribution >= 0.6 is 0 Å². The predicted molar refractivity (Wildman–Crippen MR) is 139 cm³/mol. The molecular weight excluding hydrogens is 410 g/mol. The molecule has 0 saturated carbocycles. The largest absolute Gasteiger partial charge is 0.464 e. The second-order valence-electron chi connectivity index (χ2n) is 9.51. The van der Waals surface area contributed by atoms with Gasteiger partial charge in [-0.2, -0.15) is 0 Å². The number of aryl methyl sites for hydroxylation is 1. The molecule has 0 saturated heterocycles. The molecule has 4 nitrogen and oxygen atoms in total. The highest BCUT2D eigenvalue weighted by molar-refractivity contribution is 5.94. The van der Waals surface area contributed by atoms with Gasteiger partial charge in [0.1, 0.15) is 6.61 Å². The topological polar surface area (TPSA) is 46.6 Å². The van der Waals surface area contributed by atoms with Crippen LogP contribution in [0, 0.1) is 6.92 Å². The van der Waals surface area contributed by atoms with Gasteiger partial charge in [0, 0.05) is 19.0 Å². The number of benzene rings is 1. The van der Waals surface area contributed by atoms with Crippen molar-refractivity contribution in [3.63, 3.8) is 0 Å². The van der Waals surface area contributed by atoms with Crippen molar-refractivity contribution in [2.75, 3.05) is 20.2 Å². The van der Waals surface area contributed by atoms with Crippen LogP contribution in [-0.2, 0) is 9.53 Å². The average molecular weight is 460 g/mol. The Balaban J connectivity index is 1.89. The van der Waals surface area contributed by atoms with Crippen LogP contribution in [0.2, 0.25) is 0 Å². The van der Waals surface area contributed by atoms with E-state index in [4.69, 9.17) is 4.74 Å². The summed E-state index contributed by atoms with van der Waals surface area (Å²) >= 11 is 0. The molecule has 1 aromatic carbocycles. The van der Waals surface area contributed by atoms with Gasteiger partial charge >= 0.3 is 5.97 Å². The zero-order valence-electron chi connectivity index (χ0n) is 21.7. The minimum Gasteiger partial charge on any atom is -0.464 e. The van der Waals surface area contributed by atoms with E-state index in [0.29, 0.717) is 18.5 Å². The fourth-order valence-electron chi connectivity index (χ4n) is 4.03. The molecule has 0 unspecified atom stereocenters. The summed E-state index contributed by atoms with van der Waals surface area (Å²) < 4.78 is 5.30. The number of amides is 1. The third-order valence-corrected chi connectivity index (χ3v) is 6.32. The SMILES string of the molecule is CCCCCCCCCCCCCCCCCC(=O)OCCN(C)C(=O)c1ccc(C)cc1. The first-order chi connectivity index (χ1) is 16.0. The quantitative estimate of drug-likeness (QED) is 0.147. The van der Waals surface area contributed by atoms with Gasteiger partial charge in [-0.3, -0.25) is 9.59 Å². The van der Waals surface area contributed by atoms with Gasteiger partial charge < -0.3 is 9.64 Å². The van der Waals surface area contributed by atoms with E-state index in [1.165, 1.54) is 83.5 Å². The first-order valence-corrected chi connectivity index (χ1v) is 13.5. The number of carbonyl (C=O) groups is 2. The molecule has 4 heteroatoms. The molecule has 0 aliphatic carbocycles. The maximum atomic E-state index is 12.3. The highest BCUT2D eigenvalue weighted by Crippen LogP contribution is 2.14. The van der Waals surface area contributed by atoms with E-state index in [1.807, 2.05) is 31.2 Å². The molecule has 0 N–H and O–H groups in total. The van der Waals surface area contributed by atoms with Crippen LogP contribution in [0.5, 0.6) is 0 Å². The van der Waals surface area contributed by atoms with Crippen LogP contribution in [0.1, 0.15) is 126 Å². The zero-order chi connectivity index (χ0) is 24.2. The van der Waals surface area contributed by atoms with Crippen LogP contribution in [0.15, 0.2) is 24.3 Å². The Morgan fingerprint density at radius 3 is 1.67 bits per heavy atom. The van der Waals surface area contributed by atoms with Crippen molar-refractivity contribution >= 4 is 11.9 Å². The Morgan fingerprint density at radius 1 is 0.727 bits per heavy atom. The van der Waals surface area contributed by atoms with E-state index in [2.05, 4.69) is 6.92 Å². The van der Waals surface area contributed by atoms with Crippen molar-refractivity contribution in [2.24, 2.45) is 0 Å². The summed E-state index contributed by atoms with van der Waals surface area (Å²) in [6, 6.07) is 7.52. The van der Waals surface area contributed by atoms with Gasteiger partial charge in [-0.15, -0.1) is 0 Å². The van der Waals surface area contributed by atoms with Crippen molar-refractivity contribution in [3.8, 4) is 0 Å². The van der Waals surface area contributed by atoms with Crippen LogP contribution in [0.25, 0.3) is 0 Å². The molecule has 33 heavy (non-hydrogen) atoms. The molecule has 0 aromatic heterocycles. The van der Waals surface area contributed by atoms with Crippen LogP contribution < -0.4 is 0 Å². The predicted octanol–water partition coefficient (Wildman–Crippen LogP) is 7.87. The lowest BCUT2D eigenvalue weighted by Crippen LogP contribution is -2.30. The van der Waals surface area contributed by atoms with Gasteiger partial charge in [-0.25, -0.2) is 0 Å². The Morgan fingerprint density at radius 2 is 1.18 bits per heavy atom. The van der Waals surface area contributed by atoms with Crippen LogP contribution in [-0.4, -0.2) is 37.0 Å². The number of nitrogens with zero attached hydrogens (tertiary/aromatic N) is 1. The van der Waals surface area contributed by atoms with E-state index < -0.39 is 0 Å². The number of esters is 1. The first-order valence-electron chi connectivity index (χ1n) is 13.5. The van der Waals surface area contributed by atoms with Crippen molar-refractivity contribution in [1.82, 2.24) is 4.90 Å². The summed E-state index contributed by atoms with van der Waals surface area (Å²) in [5.41, 5.74) is 1.79. The fourth-order valence-corrected chi connectivity index (χ4v) is 4.03. The molecule has 1 rings (SSSR count). The summed E-state index contributed by atoms with van der Waals surface area (Å²) in [5.74, 6) is -0.200. The van der Waals surface area contributed by atoms with Crippen molar-refractivity contribution < 1.29 is 14.3 Å². The van der Waals surface area contributed by atoms with Gasteiger partial charge in [0.15, 0.2) is 0 Å². The Bertz CT molecular complexity index is 626. The second-order valence-corrected chi connectivity index (χ2v) is 9.51. The van der Waals surface area contributed by atoms with Gasteiger partial charge in [0.25, 0.3) is 5.91 Å². The monoisotopic (exact) mass is 459 g/mol. The smallest absolute Gasteiger partial charge is 0.305 e. The van der Waals surface area contributed by atoms with Crippen molar-refractivity contribution in [1.29, 1.82) is 0 Å². The summed E-state index contributed by atoms with van der Waals surface area (Å²) in [6.07, 6.45) is 20.2. The number of hydrogen-bond donors (Lipinski definition) is 0. The minimum absolute atomic E-state index is 0.0477. The standard InChI is InChI=1S/C29H49NO3/c1-4-5-6-7-8-9-10-11-12-13-14-15-16-17-18-19-28(31)33-25-24-30(3)29(32)27-22-20-26(2)21-23-27/h20-23H,4-19,24-25H2,1-3H3. The Kier molecular flexibility index (Phi) is 17.4. The molecule has 0 atom stereocenters. The third kappa shape index (κ3) is 15.6. The van der Waals surface area contributed by atoms with E-state index in [-0.39, 0.29) is 18.5 Å². The summed E-state index contributed by atoms with van der Waals surface area (Å²) in [6.45, 7) is 4.94. The molecular formula is C29H49NO3. The van der Waals surface area contributed by atoms with Crippen LogP contribution in [0.4, 0.5) is 0 Å². The normalized spacial score (nSPS) is 10.9. The first kappa shape index (κ1) is 29.2. The number of unbranched alkanes of at least 4 members (excludes halogenated alkanes) is 14. The molecule has 0 bridgehead atoms. The average Bonchev–Trinajstić information content (AvgIpc) is 2.81. The lowest BCUT2D eigenvalue weighted by Gasteiger charge is -2.17. The highest BCUT2D eigenvalue weighted by atomic mass is 16.5. The summed E-state index contributed by atoms with van der Waals surface area (Å²) in [7, 11) is 1.74. The Labute approximate surface area is 203 Å². The second kappa shape index (κ2) is 19.6. The van der Waals surface area contributed by atoms with E-state index in [9.17, 15) is 9.59 Å². The van der Waals surface area contributed by atoms with Gasteiger partial charge in [-0.1, -0.05) is 115 Å². The molecule has 0 aliphatic heterocycles. The van der Waals surface area contributed by atoms with Gasteiger partial charge in [0.2, 0.25) is 0 Å². The Hall–Kier alpha value is -1.84. The van der Waals surface area contributed by atoms with Crippen molar-refractivity contribution in [2.45, 2.75) is 117 Å². The molecule has 0 heterocycles. The maximum Gasteiger partial charge on any atom is 0.305 e. The third-order valence-electron chi connectivity index (χ3n) is 6.32. The molecule has 0 fully saturated rings. The molecule has 1 amide bonds. The van der Waals surface area contributed by atoms with Crippen LogP contribution in [0.3, 0.4) is 0 Å². The lowest BCUT2D eigenvalue weighted by atomic mass is 10.0. The highest BCUT2D eigenvalue weighted by Gasteiger charge is 2.12. The summed E-state index contributed by atoms with van der Waals surface area (Å²) in [4.78, 5) is 25.9. The summed E-state index contributed by atoms with van der Waals surface area (Å²) in [5, 5.41) is 0. The fraction of sp³-hybridized carbons (Fsp3) is 0.724. The van der Waals surface area contributed by atoms with Crippen molar-refractivity contribution in [3.05, 3.63) is 35.4 Å². The maximum absolute atomic E-state index is 12.3. The lowest BCUT2D eigenvalue weighted by molar-refractivity contribution is -0.144. The number of rotatable bonds is 20. The number of hydrogen-bond acceptors (Lipinski definition) is 3. The van der Waals surface area contributed by atoms with E-state index >= 15 is 0 Å². The van der Waals surface area contributed by atoms with E-state index in [1.54, 1.807) is 11.9 Å². The van der Waals surface area contributed by atoms with Gasteiger partial charge in [-0.05, 0) is 25.5 Å². The molecule has 0 spiro atoms. The number of ether oxygens (including phenoxy) is 1. The molecule has 0 radical (unpaired) electrons. The number of carbonyl (C=O) groups excluding carboxylic acids is 2. The van der Waals surface area contributed by atoms with Gasteiger partial charge in [0.05, 0.1) is 6.54 Å². The molecule has 188 valence electrons. The molecule has 1 aromatic rings. The molecule has 0 aliphatic rings. The van der Waals surface area contributed by atoms with E-state index in [0.717, 1.165) is 18.4 Å². The number of likely N-dealkylation sites (N-methyl/N-ethyl adjacent to an activating group) is 1. The zero-order valence-corrected chi connectivity index (χ0v) is 21.7.